The predicted molar refractivity (Wildman–Crippen MR) is 181 cm³/mol. The fourth-order valence-corrected chi connectivity index (χ4v) is 5.78. The summed E-state index contributed by atoms with van der Waals surface area (Å²) in [6.45, 7) is 7.18. The first kappa shape index (κ1) is 32.0. The van der Waals surface area contributed by atoms with Gasteiger partial charge in [-0.3, -0.25) is 9.98 Å². The smallest absolute Gasteiger partial charge is 0.214 e. The number of halogens is 2. The third-order valence-electron chi connectivity index (χ3n) is 8.19. The standard InChI is InChI=1S/C31H35BClFN3O2.C4H7N/c1-5-8-21(17-35-16-19-14-23-29(26(15-19)38-4)37-31(32-23)20-11-12-20)25-13-18(3)30(39-6-2)28(36-25)22-9-7-10-24(34)27(22)33;5-3-4-1-2-4/h9,13-16,20-21H,5-8,10-12,17H2,1-4H3;3H,1-2,5H2. The molecule has 1 unspecified atom stereocenters. The molecule has 2 heterocycles. The minimum Gasteiger partial charge on any atom is -0.494 e. The van der Waals surface area contributed by atoms with E-state index in [9.17, 15) is 4.39 Å². The summed E-state index contributed by atoms with van der Waals surface area (Å²) in [6, 6.07) is 6.21. The highest BCUT2D eigenvalue weighted by atomic mass is 35.5. The van der Waals surface area contributed by atoms with Crippen molar-refractivity contribution in [2.45, 2.75) is 78.1 Å². The van der Waals surface area contributed by atoms with E-state index in [0.717, 1.165) is 52.2 Å². The molecule has 0 bridgehead atoms. The zero-order chi connectivity index (χ0) is 31.2. The first-order valence-corrected chi connectivity index (χ1v) is 16.2. The van der Waals surface area contributed by atoms with Crippen LogP contribution in [-0.2, 0) is 0 Å². The molecule has 0 amide bonds. The number of methoxy groups -OCH3 is 1. The van der Waals surface area contributed by atoms with Gasteiger partial charge in [0.05, 0.1) is 24.4 Å². The lowest BCUT2D eigenvalue weighted by Gasteiger charge is -2.21. The average Bonchev–Trinajstić information content (AvgIpc) is 3.96. The van der Waals surface area contributed by atoms with Crippen LogP contribution >= 0.6 is 11.6 Å². The topological polar surface area (TPSA) is 82.1 Å². The Morgan fingerprint density at radius 1 is 1.20 bits per heavy atom. The number of aliphatic imine (C=N–C) groups is 2. The van der Waals surface area contributed by atoms with Crippen molar-refractivity contribution in [3.63, 3.8) is 0 Å². The number of allylic oxidation sites excluding steroid dienone is 5. The Morgan fingerprint density at radius 3 is 2.64 bits per heavy atom. The number of ether oxygens (including phenoxy) is 2. The van der Waals surface area contributed by atoms with Crippen LogP contribution in [0, 0.1) is 12.8 Å². The van der Waals surface area contributed by atoms with Crippen molar-refractivity contribution in [1.29, 1.82) is 0 Å². The number of nitrogens with two attached hydrogens (primary N) is 1. The maximum absolute atomic E-state index is 14.4. The van der Waals surface area contributed by atoms with Gasteiger partial charge in [-0.05, 0) is 93.4 Å². The molecular weight excluding hydrogens is 574 g/mol. The van der Waals surface area contributed by atoms with E-state index >= 15 is 0 Å². The summed E-state index contributed by atoms with van der Waals surface area (Å²) in [5, 5.41) is 0.132. The summed E-state index contributed by atoms with van der Waals surface area (Å²) in [5.41, 5.74) is 13.7. The Hall–Kier alpha value is -3.39. The highest BCUT2D eigenvalue weighted by Crippen LogP contribution is 2.41. The molecule has 9 heteroatoms. The van der Waals surface area contributed by atoms with Crippen molar-refractivity contribution in [2.75, 3.05) is 20.3 Å². The number of aryl methyl sites for hydroxylation is 1. The molecule has 4 aliphatic rings. The Balaban J connectivity index is 0.000000698. The van der Waals surface area contributed by atoms with E-state index in [2.05, 4.69) is 26.3 Å². The lowest BCUT2D eigenvalue weighted by Crippen LogP contribution is -2.20. The summed E-state index contributed by atoms with van der Waals surface area (Å²) in [6.07, 6.45) is 13.3. The normalized spacial score (nSPS) is 17.7. The molecule has 44 heavy (non-hydrogen) atoms. The van der Waals surface area contributed by atoms with E-state index in [1.54, 1.807) is 13.3 Å². The van der Waals surface area contributed by atoms with Gasteiger partial charge in [0, 0.05) is 36.4 Å². The number of benzene rings is 1. The lowest BCUT2D eigenvalue weighted by molar-refractivity contribution is 0.335. The molecule has 1 aromatic heterocycles. The minimum absolute atomic E-state index is 0.101. The van der Waals surface area contributed by atoms with Gasteiger partial charge in [0.15, 0.2) is 0 Å². The van der Waals surface area contributed by atoms with Gasteiger partial charge >= 0.3 is 0 Å². The number of hydrogen-bond donors (Lipinski definition) is 1. The number of fused-ring (bicyclic) bond motifs is 1. The van der Waals surface area contributed by atoms with Crippen molar-refractivity contribution in [3.05, 3.63) is 69.4 Å². The van der Waals surface area contributed by atoms with Gasteiger partial charge in [0.2, 0.25) is 7.28 Å². The number of rotatable bonds is 11. The van der Waals surface area contributed by atoms with Gasteiger partial charge in [-0.15, -0.1) is 0 Å². The summed E-state index contributed by atoms with van der Waals surface area (Å²) < 4.78 is 26.1. The van der Waals surface area contributed by atoms with Gasteiger partial charge in [-0.25, -0.2) is 9.37 Å². The third-order valence-corrected chi connectivity index (χ3v) is 8.60. The largest absolute Gasteiger partial charge is 0.494 e. The second-order valence-electron chi connectivity index (χ2n) is 11.8. The lowest BCUT2D eigenvalue weighted by atomic mass is 9.65. The highest BCUT2D eigenvalue weighted by Gasteiger charge is 2.32. The molecule has 0 saturated heterocycles. The van der Waals surface area contributed by atoms with Crippen LogP contribution in [0.5, 0.6) is 11.5 Å². The first-order valence-electron chi connectivity index (χ1n) is 15.8. The maximum Gasteiger partial charge on any atom is 0.214 e. The van der Waals surface area contributed by atoms with Crippen molar-refractivity contribution in [3.8, 4) is 11.5 Å². The number of aromatic nitrogens is 1. The second-order valence-corrected chi connectivity index (χ2v) is 12.1. The second kappa shape index (κ2) is 14.6. The van der Waals surface area contributed by atoms with Crippen LogP contribution in [0.3, 0.4) is 0 Å². The van der Waals surface area contributed by atoms with E-state index in [4.69, 9.17) is 41.8 Å². The Morgan fingerprint density at radius 2 is 2.00 bits per heavy atom. The van der Waals surface area contributed by atoms with Crippen LogP contribution < -0.4 is 20.7 Å². The van der Waals surface area contributed by atoms with Gasteiger partial charge in [0.1, 0.15) is 23.0 Å². The summed E-state index contributed by atoms with van der Waals surface area (Å²) in [5.74, 6) is 1.83. The van der Waals surface area contributed by atoms with Crippen molar-refractivity contribution >= 4 is 47.4 Å². The molecule has 2 fully saturated rings. The summed E-state index contributed by atoms with van der Waals surface area (Å²) in [7, 11) is 3.87. The first-order chi connectivity index (χ1) is 21.4. The highest BCUT2D eigenvalue weighted by molar-refractivity contribution is 6.88. The summed E-state index contributed by atoms with van der Waals surface area (Å²) in [4.78, 5) is 14.7. The zero-order valence-electron chi connectivity index (χ0n) is 26.3. The fraction of sp³-hybridized carbons (Fsp3) is 0.457. The van der Waals surface area contributed by atoms with Crippen molar-refractivity contribution in [1.82, 2.24) is 4.98 Å². The van der Waals surface area contributed by atoms with E-state index < -0.39 is 0 Å². The molecule has 2 saturated carbocycles. The Labute approximate surface area is 266 Å². The maximum atomic E-state index is 14.4. The molecule has 1 aromatic carbocycles. The molecular formula is C35H42BClFN4O2. The summed E-state index contributed by atoms with van der Waals surface area (Å²) >= 11 is 6.43. The molecule has 231 valence electrons. The van der Waals surface area contributed by atoms with Crippen molar-refractivity contribution in [2.24, 2.45) is 21.6 Å². The van der Waals surface area contributed by atoms with E-state index in [0.29, 0.717) is 48.9 Å². The minimum atomic E-state index is -0.298. The van der Waals surface area contributed by atoms with E-state index in [1.165, 1.54) is 31.3 Å². The molecule has 2 aromatic rings. The number of pyridine rings is 1. The molecule has 2 N–H and O–H groups in total. The average molecular weight is 616 g/mol. The molecule has 1 aliphatic heterocycles. The molecule has 6 rings (SSSR count). The van der Waals surface area contributed by atoms with Gasteiger partial charge in [0.25, 0.3) is 0 Å². The quantitative estimate of drug-likeness (QED) is 0.207. The van der Waals surface area contributed by atoms with Crippen LogP contribution in [0.4, 0.5) is 10.1 Å². The van der Waals surface area contributed by atoms with E-state index in [-0.39, 0.29) is 16.8 Å². The number of nitrogens with zero attached hydrogens (tertiary/aromatic N) is 3. The van der Waals surface area contributed by atoms with E-state index in [1.807, 2.05) is 32.2 Å². The van der Waals surface area contributed by atoms with Crippen molar-refractivity contribution < 1.29 is 13.9 Å². The van der Waals surface area contributed by atoms with Gasteiger partial charge < -0.3 is 15.2 Å². The van der Waals surface area contributed by atoms with Crippen LogP contribution in [0.1, 0.15) is 93.6 Å². The molecule has 1 atom stereocenters. The zero-order valence-corrected chi connectivity index (χ0v) is 27.0. The fourth-order valence-electron chi connectivity index (χ4n) is 5.52. The van der Waals surface area contributed by atoms with Gasteiger partial charge in [-0.1, -0.05) is 48.1 Å². The van der Waals surface area contributed by atoms with Crippen LogP contribution in [0.2, 0.25) is 0 Å². The predicted octanol–water partition coefficient (Wildman–Crippen LogP) is 7.80. The third kappa shape index (κ3) is 7.63. The van der Waals surface area contributed by atoms with Crippen LogP contribution in [0.15, 0.2) is 56.9 Å². The van der Waals surface area contributed by atoms with Crippen LogP contribution in [-0.4, -0.2) is 44.4 Å². The van der Waals surface area contributed by atoms with Gasteiger partial charge in [-0.2, -0.15) is 0 Å². The Bertz CT molecular complexity index is 1540. The molecule has 0 spiro atoms. The molecule has 6 nitrogen and oxygen atoms in total. The SMILES string of the molecule is CCCC(CN=Cc1cc2c(c(OC)c1)N=C(C1CC1)[B]2)c1cc(C)c(OCC)c(C2=CCCC(F)=C2Cl)n1.NC=C1CC1. The monoisotopic (exact) mass is 615 g/mol. The Kier molecular flexibility index (Phi) is 10.6. The molecule has 3 aliphatic carbocycles. The number of hydrogen-bond acceptors (Lipinski definition) is 6. The molecule has 1 radical (unpaired) electrons. The van der Waals surface area contributed by atoms with Crippen LogP contribution in [0.25, 0.3) is 5.57 Å².